The van der Waals surface area contributed by atoms with Gasteiger partial charge in [0, 0.05) is 12.1 Å². The number of rotatable bonds is 4. The first-order valence-corrected chi connectivity index (χ1v) is 4.50. The van der Waals surface area contributed by atoms with E-state index >= 15 is 0 Å². The number of nitro benzene ring substituents is 1. The molecule has 0 aliphatic rings. The Morgan fingerprint density at radius 3 is 2.79 bits per heavy atom. The van der Waals surface area contributed by atoms with Crippen molar-refractivity contribution < 1.29 is 10.7 Å². The van der Waals surface area contributed by atoms with Crippen molar-refractivity contribution in [3.63, 3.8) is 0 Å². The normalized spacial score (nSPS) is 9.86. The van der Waals surface area contributed by atoms with E-state index in [9.17, 15) is 10.1 Å². The summed E-state index contributed by atoms with van der Waals surface area (Å²) in [5.74, 6) is 0. The third kappa shape index (κ3) is 2.58. The van der Waals surface area contributed by atoms with Gasteiger partial charge in [-0.3, -0.25) is 10.1 Å². The highest BCUT2D eigenvalue weighted by atomic mass is 35.5. The quantitative estimate of drug-likeness (QED) is 0.580. The van der Waals surface area contributed by atoms with E-state index in [0.29, 0.717) is 17.3 Å². The molecule has 0 fully saturated rings. The Hall–Kier alpha value is -1.33. The zero-order valence-corrected chi connectivity index (χ0v) is 8.25. The molecule has 0 aromatic heterocycles. The van der Waals surface area contributed by atoms with Crippen molar-refractivity contribution >= 4 is 23.0 Å². The first kappa shape index (κ1) is 10.7. The molecule has 0 saturated carbocycles. The second-order valence-electron chi connectivity index (χ2n) is 2.70. The van der Waals surface area contributed by atoms with Gasteiger partial charge in [0.25, 0.3) is 5.69 Å². The van der Waals surface area contributed by atoms with Gasteiger partial charge in [0.1, 0.15) is 0 Å². The van der Waals surface area contributed by atoms with E-state index in [-0.39, 0.29) is 5.69 Å². The molecule has 1 aromatic carbocycles. The predicted octanol–water partition coefficient (Wildman–Crippen LogP) is 0.902. The average Bonchev–Trinajstić information content (AvgIpc) is 2.15. The van der Waals surface area contributed by atoms with Crippen LogP contribution in [0.25, 0.3) is 0 Å². The van der Waals surface area contributed by atoms with E-state index in [0.717, 1.165) is 6.54 Å². The monoisotopic (exact) mass is 216 g/mol. The molecule has 0 bridgehead atoms. The number of quaternary nitrogens is 1. The Bertz CT molecular complexity index is 343. The maximum atomic E-state index is 10.4. The topological polar surface area (TPSA) is 82.8 Å². The van der Waals surface area contributed by atoms with Gasteiger partial charge in [0.2, 0.25) is 0 Å². The van der Waals surface area contributed by atoms with Crippen LogP contribution in [0.4, 0.5) is 11.4 Å². The summed E-state index contributed by atoms with van der Waals surface area (Å²) >= 11 is 5.82. The van der Waals surface area contributed by atoms with Crippen molar-refractivity contribution in [1.82, 2.24) is 0 Å². The Balaban J connectivity index is 2.84. The fourth-order valence-corrected chi connectivity index (χ4v) is 1.23. The highest BCUT2D eigenvalue weighted by Crippen LogP contribution is 2.26. The number of halogens is 1. The van der Waals surface area contributed by atoms with Crippen LogP contribution < -0.4 is 11.1 Å². The van der Waals surface area contributed by atoms with Gasteiger partial charge in [-0.15, -0.1) is 0 Å². The molecule has 0 radical (unpaired) electrons. The molecule has 14 heavy (non-hydrogen) atoms. The highest BCUT2D eigenvalue weighted by Gasteiger charge is 2.08. The van der Waals surface area contributed by atoms with E-state index in [1.807, 2.05) is 0 Å². The van der Waals surface area contributed by atoms with Crippen LogP contribution in [0.3, 0.4) is 0 Å². The molecule has 1 aromatic rings. The Labute approximate surface area is 86.0 Å². The second kappa shape index (κ2) is 4.78. The molecule has 0 saturated heterocycles. The fourth-order valence-electron chi connectivity index (χ4n) is 0.984. The fraction of sp³-hybridized carbons (Fsp3) is 0.250. The molecule has 0 aliphatic heterocycles. The van der Waals surface area contributed by atoms with Crippen molar-refractivity contribution in [1.29, 1.82) is 0 Å². The van der Waals surface area contributed by atoms with Crippen LogP contribution in [0.2, 0.25) is 5.02 Å². The number of non-ortho nitro benzene ring substituents is 1. The van der Waals surface area contributed by atoms with Gasteiger partial charge in [-0.2, -0.15) is 0 Å². The minimum absolute atomic E-state index is 0.00447. The lowest BCUT2D eigenvalue weighted by Gasteiger charge is -2.05. The Kier molecular flexibility index (Phi) is 3.67. The molecule has 4 N–H and O–H groups in total. The molecule has 0 amide bonds. The SMILES string of the molecule is [NH3+]CCNc1ccc([N+](=O)[O-])cc1Cl. The molecule has 6 heteroatoms. The molecule has 0 spiro atoms. The number of hydrogen-bond acceptors (Lipinski definition) is 3. The zero-order chi connectivity index (χ0) is 10.6. The largest absolute Gasteiger partial charge is 0.378 e. The van der Waals surface area contributed by atoms with Crippen molar-refractivity contribution in [3.8, 4) is 0 Å². The van der Waals surface area contributed by atoms with Crippen LogP contribution in [0.1, 0.15) is 0 Å². The van der Waals surface area contributed by atoms with Crippen LogP contribution in [-0.4, -0.2) is 18.0 Å². The standard InChI is InChI=1S/C8H10ClN3O2/c9-7-5-6(12(13)14)1-2-8(7)11-4-3-10/h1-2,5,11H,3-4,10H2/p+1. The van der Waals surface area contributed by atoms with Crippen LogP contribution in [0.15, 0.2) is 18.2 Å². The molecular weight excluding hydrogens is 206 g/mol. The van der Waals surface area contributed by atoms with Gasteiger partial charge < -0.3 is 11.1 Å². The molecule has 5 nitrogen and oxygen atoms in total. The zero-order valence-electron chi connectivity index (χ0n) is 7.50. The van der Waals surface area contributed by atoms with Gasteiger partial charge in [-0.1, -0.05) is 11.6 Å². The predicted molar refractivity (Wildman–Crippen MR) is 54.4 cm³/mol. The first-order valence-electron chi connectivity index (χ1n) is 4.12. The summed E-state index contributed by atoms with van der Waals surface area (Å²) in [6, 6.07) is 4.33. The van der Waals surface area contributed by atoms with Crippen LogP contribution in [0, 0.1) is 10.1 Å². The van der Waals surface area contributed by atoms with Gasteiger partial charge in [-0.05, 0) is 6.07 Å². The maximum absolute atomic E-state index is 10.4. The summed E-state index contributed by atoms with van der Waals surface area (Å²) in [5.41, 5.74) is 4.35. The number of nitro groups is 1. The number of nitrogens with one attached hydrogen (secondary N) is 1. The highest BCUT2D eigenvalue weighted by molar-refractivity contribution is 6.33. The molecule has 1 rings (SSSR count). The van der Waals surface area contributed by atoms with E-state index in [1.165, 1.54) is 12.1 Å². The number of nitrogens with zero attached hydrogens (tertiary/aromatic N) is 1. The van der Waals surface area contributed by atoms with Crippen molar-refractivity contribution in [2.24, 2.45) is 0 Å². The summed E-state index contributed by atoms with van der Waals surface area (Å²) in [7, 11) is 0. The van der Waals surface area contributed by atoms with E-state index in [2.05, 4.69) is 11.1 Å². The van der Waals surface area contributed by atoms with Crippen molar-refractivity contribution in [2.45, 2.75) is 0 Å². The van der Waals surface area contributed by atoms with Gasteiger partial charge >= 0.3 is 0 Å². The lowest BCUT2D eigenvalue weighted by Crippen LogP contribution is -2.53. The third-order valence-electron chi connectivity index (χ3n) is 1.66. The summed E-state index contributed by atoms with van der Waals surface area (Å²) in [5, 5.41) is 13.8. The van der Waals surface area contributed by atoms with Crippen LogP contribution in [-0.2, 0) is 0 Å². The average molecular weight is 217 g/mol. The third-order valence-corrected chi connectivity index (χ3v) is 1.97. The lowest BCUT2D eigenvalue weighted by molar-refractivity contribution is -0.384. The molecule has 0 atom stereocenters. The van der Waals surface area contributed by atoms with Crippen LogP contribution in [0.5, 0.6) is 0 Å². The van der Waals surface area contributed by atoms with Gasteiger partial charge in [0.15, 0.2) is 0 Å². The van der Waals surface area contributed by atoms with Gasteiger partial charge in [-0.25, -0.2) is 0 Å². The molecule has 0 unspecified atom stereocenters. The molecule has 0 aliphatic carbocycles. The molecular formula is C8H11ClN3O2+. The molecule has 0 heterocycles. The van der Waals surface area contributed by atoms with E-state index in [1.54, 1.807) is 6.07 Å². The summed E-state index contributed by atoms with van der Waals surface area (Å²) in [6.45, 7) is 1.42. The summed E-state index contributed by atoms with van der Waals surface area (Å²) in [6.07, 6.45) is 0. The second-order valence-corrected chi connectivity index (χ2v) is 3.11. The number of anilines is 1. The van der Waals surface area contributed by atoms with Crippen LogP contribution >= 0.6 is 11.6 Å². The Morgan fingerprint density at radius 1 is 1.57 bits per heavy atom. The lowest BCUT2D eigenvalue weighted by atomic mass is 10.3. The van der Waals surface area contributed by atoms with Gasteiger partial charge in [0.05, 0.1) is 28.7 Å². The number of benzene rings is 1. The first-order chi connectivity index (χ1) is 6.65. The summed E-state index contributed by atoms with van der Waals surface area (Å²) < 4.78 is 0. The van der Waals surface area contributed by atoms with Crippen molar-refractivity contribution in [3.05, 3.63) is 33.3 Å². The number of hydrogen-bond donors (Lipinski definition) is 2. The Morgan fingerprint density at radius 2 is 2.29 bits per heavy atom. The minimum Gasteiger partial charge on any atom is -0.378 e. The summed E-state index contributed by atoms with van der Waals surface area (Å²) in [4.78, 5) is 9.92. The van der Waals surface area contributed by atoms with E-state index < -0.39 is 4.92 Å². The maximum Gasteiger partial charge on any atom is 0.271 e. The smallest absolute Gasteiger partial charge is 0.271 e. The van der Waals surface area contributed by atoms with E-state index in [4.69, 9.17) is 11.6 Å². The van der Waals surface area contributed by atoms with Crippen molar-refractivity contribution in [2.75, 3.05) is 18.4 Å². The minimum atomic E-state index is -0.475. The molecule has 76 valence electrons.